The molecule has 0 aliphatic carbocycles. The molecule has 0 radical (unpaired) electrons. The molecule has 0 aliphatic rings. The third-order valence-electron chi connectivity index (χ3n) is 4.33. The summed E-state index contributed by atoms with van der Waals surface area (Å²) in [7, 11) is 3.06. The number of methoxy groups -OCH3 is 2. The molecule has 30 heavy (non-hydrogen) atoms. The van der Waals surface area contributed by atoms with Gasteiger partial charge in [0.2, 0.25) is 5.78 Å². The van der Waals surface area contributed by atoms with Gasteiger partial charge in [0.1, 0.15) is 11.5 Å². The molecular formula is C22H25NO7. The number of benzene rings is 1. The Labute approximate surface area is 174 Å². The first-order valence-electron chi connectivity index (χ1n) is 9.28. The van der Waals surface area contributed by atoms with E-state index in [0.717, 1.165) is 0 Å². The van der Waals surface area contributed by atoms with Gasteiger partial charge in [-0.25, -0.2) is 9.59 Å². The second kappa shape index (κ2) is 10.3. The highest BCUT2D eigenvalue weighted by Crippen LogP contribution is 2.23. The van der Waals surface area contributed by atoms with Gasteiger partial charge in [-0.2, -0.15) is 0 Å². The van der Waals surface area contributed by atoms with E-state index < -0.39 is 24.3 Å². The number of rotatable bonds is 9. The summed E-state index contributed by atoms with van der Waals surface area (Å²) in [5.74, 6) is -0.482. The third kappa shape index (κ3) is 5.50. The van der Waals surface area contributed by atoms with Crippen LogP contribution in [-0.4, -0.2) is 50.1 Å². The molecule has 0 saturated heterocycles. The van der Waals surface area contributed by atoms with Crippen molar-refractivity contribution in [3.8, 4) is 11.5 Å². The summed E-state index contributed by atoms with van der Waals surface area (Å²) in [6.07, 6.45) is 2.74. The Morgan fingerprint density at radius 1 is 1.00 bits per heavy atom. The number of Topliss-reactive ketones (excluding diaryl/α,β-unsaturated/α-hetero) is 1. The van der Waals surface area contributed by atoms with Gasteiger partial charge in [-0.15, -0.1) is 0 Å². The standard InChI is InChI=1S/C22H25NO7/c1-6-29-22(26)20-13(2)21(23-14(20)3)18(24)12-30-19(25)8-7-15-9-16(27-4)11-17(10-15)28-5/h7-11,23H,6,12H2,1-5H3/b8-7+. The number of aromatic nitrogens is 1. The molecule has 8 heteroatoms. The van der Waals surface area contributed by atoms with Gasteiger partial charge in [0.15, 0.2) is 6.61 Å². The molecule has 8 nitrogen and oxygen atoms in total. The first-order valence-corrected chi connectivity index (χ1v) is 9.28. The summed E-state index contributed by atoms with van der Waals surface area (Å²) >= 11 is 0. The molecule has 0 spiro atoms. The highest BCUT2D eigenvalue weighted by molar-refractivity contribution is 6.03. The SMILES string of the molecule is CCOC(=O)c1c(C)[nH]c(C(=O)COC(=O)/C=C/c2cc(OC)cc(OC)c2)c1C. The van der Waals surface area contributed by atoms with Crippen LogP contribution in [0.4, 0.5) is 0 Å². The minimum absolute atomic E-state index is 0.213. The lowest BCUT2D eigenvalue weighted by Gasteiger charge is -2.06. The fraction of sp³-hybridized carbons (Fsp3) is 0.318. The molecule has 2 rings (SSSR count). The topological polar surface area (TPSA) is 104 Å². The number of esters is 2. The predicted molar refractivity (Wildman–Crippen MR) is 110 cm³/mol. The van der Waals surface area contributed by atoms with Crippen LogP contribution in [0.1, 0.15) is 44.6 Å². The Hall–Kier alpha value is -3.55. The third-order valence-corrected chi connectivity index (χ3v) is 4.33. The normalized spacial score (nSPS) is 10.7. The zero-order chi connectivity index (χ0) is 22.3. The van der Waals surface area contributed by atoms with Crippen molar-refractivity contribution in [2.24, 2.45) is 0 Å². The number of hydrogen-bond acceptors (Lipinski definition) is 7. The molecular weight excluding hydrogens is 390 g/mol. The van der Waals surface area contributed by atoms with Gasteiger partial charge >= 0.3 is 11.9 Å². The summed E-state index contributed by atoms with van der Waals surface area (Å²) in [6, 6.07) is 5.15. The maximum atomic E-state index is 12.4. The number of ether oxygens (including phenoxy) is 4. The molecule has 0 amide bonds. The quantitative estimate of drug-likeness (QED) is 0.381. The van der Waals surface area contributed by atoms with E-state index in [2.05, 4.69) is 4.98 Å². The van der Waals surface area contributed by atoms with Crippen molar-refractivity contribution in [3.05, 3.63) is 52.4 Å². The highest BCUT2D eigenvalue weighted by atomic mass is 16.5. The number of ketones is 1. The fourth-order valence-corrected chi connectivity index (χ4v) is 2.89. The summed E-state index contributed by atoms with van der Waals surface area (Å²) in [5.41, 5.74) is 2.19. The number of aromatic amines is 1. The first-order chi connectivity index (χ1) is 14.3. The van der Waals surface area contributed by atoms with E-state index >= 15 is 0 Å². The Morgan fingerprint density at radius 3 is 2.20 bits per heavy atom. The lowest BCUT2D eigenvalue weighted by molar-refractivity contribution is -0.136. The molecule has 2 aromatic rings. The second-order valence-electron chi connectivity index (χ2n) is 6.36. The number of aryl methyl sites for hydroxylation is 1. The van der Waals surface area contributed by atoms with E-state index in [9.17, 15) is 14.4 Å². The van der Waals surface area contributed by atoms with Crippen molar-refractivity contribution in [2.75, 3.05) is 27.4 Å². The maximum absolute atomic E-state index is 12.4. The van der Waals surface area contributed by atoms with Crippen LogP contribution in [0.25, 0.3) is 6.08 Å². The van der Waals surface area contributed by atoms with Crippen molar-refractivity contribution < 1.29 is 33.3 Å². The van der Waals surface area contributed by atoms with E-state index in [0.29, 0.717) is 33.9 Å². The first kappa shape index (κ1) is 22.7. The fourth-order valence-electron chi connectivity index (χ4n) is 2.89. The van der Waals surface area contributed by atoms with Gasteiger partial charge in [0, 0.05) is 17.8 Å². The summed E-state index contributed by atoms with van der Waals surface area (Å²) in [6.45, 7) is 4.78. The maximum Gasteiger partial charge on any atom is 0.340 e. The molecule has 0 unspecified atom stereocenters. The number of carbonyl (C=O) groups is 3. The molecule has 0 saturated carbocycles. The molecule has 1 N–H and O–H groups in total. The van der Waals surface area contributed by atoms with Crippen LogP contribution in [0, 0.1) is 13.8 Å². The van der Waals surface area contributed by atoms with Crippen LogP contribution in [0.5, 0.6) is 11.5 Å². The molecule has 0 aliphatic heterocycles. The molecule has 0 bridgehead atoms. The monoisotopic (exact) mass is 415 g/mol. The van der Waals surface area contributed by atoms with E-state index in [1.807, 2.05) is 0 Å². The van der Waals surface area contributed by atoms with E-state index in [4.69, 9.17) is 18.9 Å². The van der Waals surface area contributed by atoms with Crippen molar-refractivity contribution in [2.45, 2.75) is 20.8 Å². The number of H-pyrrole nitrogens is 1. The summed E-state index contributed by atoms with van der Waals surface area (Å²) in [5, 5.41) is 0. The Bertz CT molecular complexity index is 950. The van der Waals surface area contributed by atoms with Crippen LogP contribution in [-0.2, 0) is 14.3 Å². The Kier molecular flexibility index (Phi) is 7.80. The van der Waals surface area contributed by atoms with E-state index in [1.165, 1.54) is 26.4 Å². The molecule has 0 atom stereocenters. The van der Waals surface area contributed by atoms with Crippen LogP contribution in [0.3, 0.4) is 0 Å². The lowest BCUT2D eigenvalue weighted by atomic mass is 10.1. The smallest absolute Gasteiger partial charge is 0.340 e. The van der Waals surface area contributed by atoms with Gasteiger partial charge in [0.25, 0.3) is 0 Å². The predicted octanol–water partition coefficient (Wildman–Crippen LogP) is 3.26. The van der Waals surface area contributed by atoms with Crippen LogP contribution in [0.15, 0.2) is 24.3 Å². The summed E-state index contributed by atoms with van der Waals surface area (Å²) in [4.78, 5) is 39.3. The van der Waals surface area contributed by atoms with E-state index in [-0.39, 0.29) is 12.3 Å². The van der Waals surface area contributed by atoms with Crippen LogP contribution < -0.4 is 9.47 Å². The minimum atomic E-state index is -0.684. The van der Waals surface area contributed by atoms with Crippen molar-refractivity contribution in [3.63, 3.8) is 0 Å². The van der Waals surface area contributed by atoms with Gasteiger partial charge in [-0.3, -0.25) is 4.79 Å². The number of hydrogen-bond donors (Lipinski definition) is 1. The molecule has 1 aromatic carbocycles. The van der Waals surface area contributed by atoms with Crippen molar-refractivity contribution in [1.29, 1.82) is 0 Å². The number of nitrogens with one attached hydrogen (secondary N) is 1. The van der Waals surface area contributed by atoms with E-state index in [1.54, 1.807) is 39.0 Å². The van der Waals surface area contributed by atoms with Gasteiger partial charge < -0.3 is 23.9 Å². The number of carbonyl (C=O) groups excluding carboxylic acids is 3. The average molecular weight is 415 g/mol. The zero-order valence-electron chi connectivity index (χ0n) is 17.7. The zero-order valence-corrected chi connectivity index (χ0v) is 17.7. The molecule has 1 aromatic heterocycles. The van der Waals surface area contributed by atoms with Crippen LogP contribution >= 0.6 is 0 Å². The molecule has 0 fully saturated rings. The second-order valence-corrected chi connectivity index (χ2v) is 6.36. The minimum Gasteiger partial charge on any atom is -0.497 e. The van der Waals surface area contributed by atoms with Crippen LogP contribution in [0.2, 0.25) is 0 Å². The molecule has 1 heterocycles. The Balaban J connectivity index is 2.03. The highest BCUT2D eigenvalue weighted by Gasteiger charge is 2.23. The summed E-state index contributed by atoms with van der Waals surface area (Å²) < 4.78 is 20.4. The Morgan fingerprint density at radius 2 is 1.63 bits per heavy atom. The largest absolute Gasteiger partial charge is 0.497 e. The lowest BCUT2D eigenvalue weighted by Crippen LogP contribution is -2.14. The van der Waals surface area contributed by atoms with Gasteiger partial charge in [-0.05, 0) is 50.1 Å². The van der Waals surface area contributed by atoms with Crippen molar-refractivity contribution in [1.82, 2.24) is 4.98 Å². The van der Waals surface area contributed by atoms with Gasteiger partial charge in [0.05, 0.1) is 32.1 Å². The van der Waals surface area contributed by atoms with Gasteiger partial charge in [-0.1, -0.05) is 0 Å². The average Bonchev–Trinajstić information content (AvgIpc) is 3.04. The molecule has 160 valence electrons. The van der Waals surface area contributed by atoms with Crippen molar-refractivity contribution >= 4 is 23.8 Å².